The first-order valence-corrected chi connectivity index (χ1v) is 8.64. The van der Waals surface area contributed by atoms with Gasteiger partial charge in [0.1, 0.15) is 12.9 Å². The predicted molar refractivity (Wildman–Crippen MR) is 101 cm³/mol. The molecule has 0 unspecified atom stereocenters. The molecule has 4 aromatic rings. The van der Waals surface area contributed by atoms with Crippen LogP contribution in [0, 0.1) is 6.92 Å². The normalized spacial score (nSPS) is 10.8. The van der Waals surface area contributed by atoms with Crippen molar-refractivity contribution in [3.8, 4) is 17.1 Å². The van der Waals surface area contributed by atoms with E-state index in [-0.39, 0.29) is 12.5 Å². The highest BCUT2D eigenvalue weighted by Gasteiger charge is 2.15. The highest BCUT2D eigenvalue weighted by molar-refractivity contribution is 6.30. The smallest absolute Gasteiger partial charge is 0.248 e. The molecule has 0 spiro atoms. The number of rotatable bonds is 5. The van der Waals surface area contributed by atoms with E-state index in [1.807, 2.05) is 31.2 Å². The molecule has 0 aliphatic rings. The van der Waals surface area contributed by atoms with E-state index in [2.05, 4.69) is 36.3 Å². The van der Waals surface area contributed by atoms with Crippen molar-refractivity contribution in [2.45, 2.75) is 13.5 Å². The molecule has 0 saturated heterocycles. The quantitative estimate of drug-likeness (QED) is 0.548. The molecule has 1 amide bonds. The number of nitrogens with one attached hydrogen (secondary N) is 1. The van der Waals surface area contributed by atoms with E-state index in [1.54, 1.807) is 18.2 Å². The van der Waals surface area contributed by atoms with Crippen molar-refractivity contribution in [2.24, 2.45) is 0 Å². The fraction of sp³-hybridized carbons (Fsp3) is 0.118. The zero-order valence-corrected chi connectivity index (χ0v) is 15.4. The highest BCUT2D eigenvalue weighted by Crippen LogP contribution is 2.26. The maximum Gasteiger partial charge on any atom is 0.248 e. The van der Waals surface area contributed by atoms with Crippen molar-refractivity contribution in [2.75, 3.05) is 5.32 Å². The number of hydrogen-bond donors (Lipinski definition) is 1. The minimum absolute atomic E-state index is 0.0747. The number of tetrazole rings is 2. The summed E-state index contributed by atoms with van der Waals surface area (Å²) >= 11 is 6.09. The summed E-state index contributed by atoms with van der Waals surface area (Å²) in [7, 11) is 0. The number of halogens is 1. The van der Waals surface area contributed by atoms with E-state index in [9.17, 15) is 4.79 Å². The van der Waals surface area contributed by atoms with E-state index in [0.29, 0.717) is 27.8 Å². The van der Waals surface area contributed by atoms with Gasteiger partial charge in [0, 0.05) is 16.3 Å². The van der Waals surface area contributed by atoms with Crippen LogP contribution in [0.1, 0.15) is 5.56 Å². The molecule has 2 heterocycles. The fourth-order valence-corrected chi connectivity index (χ4v) is 2.71. The molecule has 28 heavy (non-hydrogen) atoms. The molecule has 1 N–H and O–H groups in total. The summed E-state index contributed by atoms with van der Waals surface area (Å²) in [6.07, 6.45) is 1.44. The van der Waals surface area contributed by atoms with Crippen molar-refractivity contribution in [3.05, 3.63) is 59.4 Å². The Bertz CT molecular complexity index is 1110. The molecule has 0 atom stereocenters. The molecular formula is C17H14ClN9O. The molecule has 0 saturated carbocycles. The molecular weight excluding hydrogens is 382 g/mol. The summed E-state index contributed by atoms with van der Waals surface area (Å²) in [5.74, 6) is 0.0647. The molecule has 0 fully saturated rings. The lowest BCUT2D eigenvalue weighted by molar-refractivity contribution is -0.117. The van der Waals surface area contributed by atoms with Crippen LogP contribution in [0.3, 0.4) is 0 Å². The number of carbonyl (C=O) groups excluding carboxylic acids is 1. The lowest BCUT2D eigenvalue weighted by Crippen LogP contribution is -2.20. The first-order chi connectivity index (χ1) is 13.6. The zero-order valence-electron chi connectivity index (χ0n) is 14.7. The second-order valence-electron chi connectivity index (χ2n) is 5.97. The lowest BCUT2D eigenvalue weighted by Gasteiger charge is -2.06. The maximum atomic E-state index is 12.2. The minimum Gasteiger partial charge on any atom is -0.324 e. The second-order valence-corrected chi connectivity index (χ2v) is 6.41. The van der Waals surface area contributed by atoms with Crippen LogP contribution < -0.4 is 5.32 Å². The third-order valence-corrected chi connectivity index (χ3v) is 4.10. The van der Waals surface area contributed by atoms with Gasteiger partial charge < -0.3 is 5.32 Å². The molecule has 2 aromatic carbocycles. The summed E-state index contributed by atoms with van der Waals surface area (Å²) in [6.45, 7) is 1.90. The Morgan fingerprint density at radius 1 is 1.14 bits per heavy atom. The Hall–Kier alpha value is -3.66. The summed E-state index contributed by atoms with van der Waals surface area (Å²) in [6, 6.07) is 12.6. The zero-order chi connectivity index (χ0) is 19.5. The van der Waals surface area contributed by atoms with Crippen LogP contribution >= 0.6 is 11.6 Å². The third kappa shape index (κ3) is 3.86. The number of aromatic nitrogens is 8. The van der Waals surface area contributed by atoms with Gasteiger partial charge in [0.2, 0.25) is 11.7 Å². The van der Waals surface area contributed by atoms with Gasteiger partial charge in [-0.05, 0) is 52.9 Å². The molecule has 2 aromatic heterocycles. The van der Waals surface area contributed by atoms with Crippen LogP contribution in [0.25, 0.3) is 17.1 Å². The monoisotopic (exact) mass is 395 g/mol. The Balaban J connectivity index is 1.53. The summed E-state index contributed by atoms with van der Waals surface area (Å²) in [5.41, 5.74) is 3.04. The summed E-state index contributed by atoms with van der Waals surface area (Å²) in [4.78, 5) is 13.4. The lowest BCUT2D eigenvalue weighted by atomic mass is 10.1. The Morgan fingerprint density at radius 3 is 2.71 bits per heavy atom. The van der Waals surface area contributed by atoms with E-state index in [1.165, 1.54) is 15.8 Å². The molecule has 0 aliphatic carbocycles. The minimum atomic E-state index is -0.260. The SMILES string of the molecule is Cc1ccc(NC(=O)Cn2nnc(-c3ccc(Cl)cc3-n3cnnn3)n2)cc1. The fourth-order valence-electron chi connectivity index (χ4n) is 2.54. The molecule has 0 radical (unpaired) electrons. The van der Waals surface area contributed by atoms with Gasteiger partial charge in [-0.15, -0.1) is 15.3 Å². The van der Waals surface area contributed by atoms with E-state index < -0.39 is 0 Å². The first kappa shape index (κ1) is 17.7. The Morgan fingerprint density at radius 2 is 1.96 bits per heavy atom. The number of amides is 1. The number of nitrogens with zero attached hydrogens (tertiary/aromatic N) is 8. The maximum absolute atomic E-state index is 12.2. The highest BCUT2D eigenvalue weighted by atomic mass is 35.5. The van der Waals surface area contributed by atoms with Crippen LogP contribution in [0.2, 0.25) is 5.02 Å². The summed E-state index contributed by atoms with van der Waals surface area (Å²) < 4.78 is 1.45. The van der Waals surface area contributed by atoms with Gasteiger partial charge >= 0.3 is 0 Å². The molecule has 11 heteroatoms. The topological polar surface area (TPSA) is 116 Å². The number of aryl methyl sites for hydroxylation is 1. The first-order valence-electron chi connectivity index (χ1n) is 8.26. The molecule has 0 bridgehead atoms. The number of anilines is 1. The molecule has 10 nitrogen and oxygen atoms in total. The molecule has 140 valence electrons. The van der Waals surface area contributed by atoms with Gasteiger partial charge in [-0.25, -0.2) is 0 Å². The van der Waals surface area contributed by atoms with Gasteiger partial charge in [-0.2, -0.15) is 9.48 Å². The van der Waals surface area contributed by atoms with Crippen molar-refractivity contribution >= 4 is 23.2 Å². The van der Waals surface area contributed by atoms with E-state index >= 15 is 0 Å². The van der Waals surface area contributed by atoms with Crippen LogP contribution in [0.4, 0.5) is 5.69 Å². The Labute approximate surface area is 164 Å². The van der Waals surface area contributed by atoms with Crippen molar-refractivity contribution in [1.82, 2.24) is 40.4 Å². The number of carbonyl (C=O) groups is 1. The van der Waals surface area contributed by atoms with E-state index in [0.717, 1.165) is 5.56 Å². The molecule has 4 rings (SSSR count). The summed E-state index contributed by atoms with van der Waals surface area (Å²) in [5, 5.41) is 26.7. The van der Waals surface area contributed by atoms with Crippen molar-refractivity contribution in [1.29, 1.82) is 0 Å². The predicted octanol–water partition coefficient (Wildman–Crippen LogP) is 1.92. The van der Waals surface area contributed by atoms with Gasteiger partial charge in [0.05, 0.1) is 5.69 Å². The van der Waals surface area contributed by atoms with Gasteiger partial charge in [0.25, 0.3) is 0 Å². The van der Waals surface area contributed by atoms with Crippen LogP contribution in [0.5, 0.6) is 0 Å². The van der Waals surface area contributed by atoms with Crippen molar-refractivity contribution in [3.63, 3.8) is 0 Å². The van der Waals surface area contributed by atoms with Crippen LogP contribution in [-0.4, -0.2) is 46.3 Å². The van der Waals surface area contributed by atoms with Crippen molar-refractivity contribution < 1.29 is 4.79 Å². The third-order valence-electron chi connectivity index (χ3n) is 3.87. The number of hydrogen-bond acceptors (Lipinski definition) is 7. The van der Waals surface area contributed by atoms with E-state index in [4.69, 9.17) is 11.6 Å². The molecule has 0 aliphatic heterocycles. The standard InChI is InChI=1S/C17H14ClN9O/c1-11-2-5-13(6-3-11)20-16(28)9-27-22-17(21-24-27)14-7-4-12(18)8-15(14)26-10-19-23-25-26/h2-8,10H,9H2,1H3,(H,20,28). The van der Waals surface area contributed by atoms with Gasteiger partial charge in [0.15, 0.2) is 0 Å². The average Bonchev–Trinajstić information content (AvgIpc) is 3.36. The second kappa shape index (κ2) is 7.53. The van der Waals surface area contributed by atoms with Gasteiger partial charge in [-0.1, -0.05) is 29.3 Å². The van der Waals surface area contributed by atoms with Crippen LogP contribution in [-0.2, 0) is 11.3 Å². The Kier molecular flexibility index (Phi) is 4.77. The van der Waals surface area contributed by atoms with Gasteiger partial charge in [-0.3, -0.25) is 4.79 Å². The largest absolute Gasteiger partial charge is 0.324 e. The average molecular weight is 396 g/mol. The number of benzene rings is 2. The van der Waals surface area contributed by atoms with Crippen LogP contribution in [0.15, 0.2) is 48.8 Å².